The summed E-state index contributed by atoms with van der Waals surface area (Å²) in [6.45, 7) is 1.82. The molecule has 1 rings (SSSR count). The van der Waals surface area contributed by atoms with Crippen LogP contribution in [0.25, 0.3) is 0 Å². The van der Waals surface area contributed by atoms with Crippen LogP contribution in [0.5, 0.6) is 0 Å². The normalized spacial score (nSPS) is 10.8. The second-order valence-corrected chi connectivity index (χ2v) is 7.32. The van der Waals surface area contributed by atoms with Crippen LogP contribution in [0, 0.1) is 6.92 Å². The highest BCUT2D eigenvalue weighted by molar-refractivity contribution is 7.94. The SMILES string of the molecule is C[S+](C)C.Cc1ccc(S(=O)(=O)[O-])cc1. The zero-order valence-electron chi connectivity index (χ0n) is 9.35. The maximum atomic E-state index is 10.4. The van der Waals surface area contributed by atoms with Gasteiger partial charge in [0.2, 0.25) is 0 Å². The highest BCUT2D eigenvalue weighted by atomic mass is 32.2. The zero-order valence-corrected chi connectivity index (χ0v) is 11.0. The first-order valence-electron chi connectivity index (χ1n) is 4.25. The summed E-state index contributed by atoms with van der Waals surface area (Å²) in [5, 5.41) is 0. The number of aryl methyl sites for hydroxylation is 1. The third-order valence-electron chi connectivity index (χ3n) is 1.31. The fourth-order valence-electron chi connectivity index (χ4n) is 0.705. The summed E-state index contributed by atoms with van der Waals surface area (Å²) in [7, 11) is -3.63. The summed E-state index contributed by atoms with van der Waals surface area (Å²) in [6.07, 6.45) is 6.58. The van der Waals surface area contributed by atoms with Gasteiger partial charge in [0, 0.05) is 0 Å². The van der Waals surface area contributed by atoms with E-state index >= 15 is 0 Å². The Balaban J connectivity index is 0.000000423. The smallest absolute Gasteiger partial charge is 0.124 e. The maximum Gasteiger partial charge on any atom is 0.124 e. The Kier molecular flexibility index (Phi) is 5.93. The van der Waals surface area contributed by atoms with E-state index < -0.39 is 10.1 Å². The van der Waals surface area contributed by atoms with E-state index in [0.717, 1.165) is 5.56 Å². The highest BCUT2D eigenvalue weighted by Gasteiger charge is 1.97. The van der Waals surface area contributed by atoms with E-state index in [2.05, 4.69) is 18.8 Å². The van der Waals surface area contributed by atoms with Crippen molar-refractivity contribution in [2.75, 3.05) is 18.8 Å². The summed E-state index contributed by atoms with van der Waals surface area (Å²) in [6, 6.07) is 5.78. The van der Waals surface area contributed by atoms with Crippen molar-refractivity contribution in [3.63, 3.8) is 0 Å². The summed E-state index contributed by atoms with van der Waals surface area (Å²) in [5.41, 5.74) is 0.928. The largest absolute Gasteiger partial charge is 0.744 e. The lowest BCUT2D eigenvalue weighted by Gasteiger charge is -2.05. The Morgan fingerprint density at radius 2 is 1.40 bits per heavy atom. The lowest BCUT2D eigenvalue weighted by molar-refractivity contribution is 0.463. The summed E-state index contributed by atoms with van der Waals surface area (Å²) < 4.78 is 31.2. The van der Waals surface area contributed by atoms with E-state index in [0.29, 0.717) is 10.9 Å². The molecular formula is C10H16O3S2. The Morgan fingerprint density at radius 3 is 1.67 bits per heavy atom. The number of rotatable bonds is 1. The van der Waals surface area contributed by atoms with Crippen molar-refractivity contribution < 1.29 is 13.0 Å². The van der Waals surface area contributed by atoms with Crippen molar-refractivity contribution in [1.29, 1.82) is 0 Å². The highest BCUT2D eigenvalue weighted by Crippen LogP contribution is 2.08. The molecule has 0 aliphatic carbocycles. The Labute approximate surface area is 94.6 Å². The third kappa shape index (κ3) is 7.41. The predicted molar refractivity (Wildman–Crippen MR) is 64.3 cm³/mol. The minimum atomic E-state index is -4.27. The lowest BCUT2D eigenvalue weighted by atomic mass is 10.2. The molecule has 1 aromatic rings. The van der Waals surface area contributed by atoms with Gasteiger partial charge in [0.15, 0.2) is 0 Å². The molecule has 5 heteroatoms. The van der Waals surface area contributed by atoms with Crippen molar-refractivity contribution in [2.24, 2.45) is 0 Å². The summed E-state index contributed by atoms with van der Waals surface area (Å²) in [4.78, 5) is -0.178. The summed E-state index contributed by atoms with van der Waals surface area (Å²) >= 11 is 0. The van der Waals surface area contributed by atoms with Gasteiger partial charge in [0.25, 0.3) is 0 Å². The van der Waals surface area contributed by atoms with E-state index in [1.165, 1.54) is 12.1 Å². The maximum absolute atomic E-state index is 10.4. The molecule has 0 N–H and O–H groups in total. The molecule has 0 aliphatic rings. The molecule has 0 fully saturated rings. The Bertz CT molecular complexity index is 377. The van der Waals surface area contributed by atoms with E-state index in [-0.39, 0.29) is 4.90 Å². The van der Waals surface area contributed by atoms with Gasteiger partial charge < -0.3 is 4.55 Å². The van der Waals surface area contributed by atoms with Crippen LogP contribution in [0.3, 0.4) is 0 Å². The molecule has 0 saturated carbocycles. The second-order valence-electron chi connectivity index (χ2n) is 3.49. The minimum absolute atomic E-state index is 0.178. The van der Waals surface area contributed by atoms with Gasteiger partial charge in [-0.3, -0.25) is 0 Å². The molecule has 3 nitrogen and oxygen atoms in total. The van der Waals surface area contributed by atoms with Gasteiger partial charge in [0.05, 0.1) is 23.7 Å². The molecule has 0 heterocycles. The first-order valence-corrected chi connectivity index (χ1v) is 8.11. The average Bonchev–Trinajstić information content (AvgIpc) is 2.01. The molecule has 15 heavy (non-hydrogen) atoms. The van der Waals surface area contributed by atoms with Crippen molar-refractivity contribution in [2.45, 2.75) is 11.8 Å². The second kappa shape index (κ2) is 6.15. The molecule has 0 spiro atoms. The van der Waals surface area contributed by atoms with Crippen molar-refractivity contribution >= 4 is 21.0 Å². The van der Waals surface area contributed by atoms with Crippen LogP contribution >= 0.6 is 0 Å². The molecule has 0 radical (unpaired) electrons. The van der Waals surface area contributed by atoms with Gasteiger partial charge in [-0.15, -0.1) is 0 Å². The van der Waals surface area contributed by atoms with Crippen molar-refractivity contribution in [3.05, 3.63) is 29.8 Å². The van der Waals surface area contributed by atoms with Crippen molar-refractivity contribution in [3.8, 4) is 0 Å². The van der Waals surface area contributed by atoms with Gasteiger partial charge in [-0.25, -0.2) is 8.42 Å². The molecule has 0 aromatic heterocycles. The van der Waals surface area contributed by atoms with Crippen LogP contribution in [-0.4, -0.2) is 31.7 Å². The Morgan fingerprint density at radius 1 is 1.07 bits per heavy atom. The molecule has 0 saturated heterocycles. The lowest BCUT2D eigenvalue weighted by Crippen LogP contribution is -1.97. The van der Waals surface area contributed by atoms with Gasteiger partial charge >= 0.3 is 0 Å². The standard InChI is InChI=1S/C7H8O3S.C3H9S/c1-6-2-4-7(5-3-6)11(8,9)10;1-4(2)3/h2-5H,1H3,(H,8,9,10);1-3H3/q;+1/p-1. The van der Waals surface area contributed by atoms with Gasteiger partial charge in [-0.05, 0) is 30.0 Å². The van der Waals surface area contributed by atoms with Crippen LogP contribution in [0.15, 0.2) is 29.2 Å². The van der Waals surface area contributed by atoms with Crippen LogP contribution < -0.4 is 0 Å². The van der Waals surface area contributed by atoms with Crippen LogP contribution in [-0.2, 0) is 21.0 Å². The van der Waals surface area contributed by atoms with Crippen molar-refractivity contribution in [1.82, 2.24) is 0 Å². The molecule has 0 amide bonds. The molecule has 1 aromatic carbocycles. The molecule has 0 atom stereocenters. The van der Waals surface area contributed by atoms with Crippen LogP contribution in [0.2, 0.25) is 0 Å². The van der Waals surface area contributed by atoms with Gasteiger partial charge in [0.1, 0.15) is 10.1 Å². The van der Waals surface area contributed by atoms with Gasteiger partial charge in [-0.1, -0.05) is 17.7 Å². The van der Waals surface area contributed by atoms with E-state index in [1.54, 1.807) is 12.1 Å². The number of hydrogen-bond acceptors (Lipinski definition) is 3. The topological polar surface area (TPSA) is 57.2 Å². The summed E-state index contributed by atoms with van der Waals surface area (Å²) in [5.74, 6) is 0. The average molecular weight is 248 g/mol. The predicted octanol–water partition coefficient (Wildman–Crippen LogP) is 1.39. The molecular weight excluding hydrogens is 232 g/mol. The number of hydrogen-bond donors (Lipinski definition) is 0. The monoisotopic (exact) mass is 248 g/mol. The number of benzene rings is 1. The quantitative estimate of drug-likeness (QED) is 0.557. The molecule has 0 aliphatic heterocycles. The van der Waals surface area contributed by atoms with Crippen LogP contribution in [0.4, 0.5) is 0 Å². The molecule has 0 bridgehead atoms. The van der Waals surface area contributed by atoms with E-state index in [4.69, 9.17) is 0 Å². The third-order valence-corrected chi connectivity index (χ3v) is 2.16. The fraction of sp³-hybridized carbons (Fsp3) is 0.400. The van der Waals surface area contributed by atoms with Gasteiger partial charge in [-0.2, -0.15) is 0 Å². The molecule has 0 unspecified atom stereocenters. The molecule has 86 valence electrons. The zero-order chi connectivity index (χ0) is 12.1. The van der Waals surface area contributed by atoms with Crippen LogP contribution in [0.1, 0.15) is 5.56 Å². The Hall–Kier alpha value is -0.520. The minimum Gasteiger partial charge on any atom is -0.744 e. The van der Waals surface area contributed by atoms with E-state index in [9.17, 15) is 13.0 Å². The van der Waals surface area contributed by atoms with E-state index in [1.807, 2.05) is 6.92 Å². The first-order chi connectivity index (χ1) is 6.73. The first kappa shape index (κ1) is 14.5. The fourth-order valence-corrected chi connectivity index (χ4v) is 1.17.